The molecule has 48 heavy (non-hydrogen) atoms. The fourth-order valence-electron chi connectivity index (χ4n) is 6.99. The topological polar surface area (TPSA) is 26.3 Å². The van der Waals surface area contributed by atoms with Gasteiger partial charge in [0.15, 0.2) is 0 Å². The lowest BCUT2D eigenvalue weighted by Crippen LogP contribution is -1.90. The Hall–Kier alpha value is -6.38. The molecule has 2 nitrogen and oxygen atoms in total. The van der Waals surface area contributed by atoms with Crippen LogP contribution < -0.4 is 0 Å². The first-order valence-corrected chi connectivity index (χ1v) is 15.7. The summed E-state index contributed by atoms with van der Waals surface area (Å²) in [5.41, 5.74) is 6.40. The number of para-hydroxylation sites is 1. The third-order valence-corrected chi connectivity index (χ3v) is 9.13. The Morgan fingerprint density at radius 1 is 0.396 bits per heavy atom. The Morgan fingerprint density at radius 2 is 0.917 bits per heavy atom. The van der Waals surface area contributed by atoms with Crippen LogP contribution in [0.15, 0.2) is 179 Å². The SMILES string of the molecule is [2H]c1c([2H])c([2H])c2c(-c3ccc(-c4cc5oc(-c6ccccc6)cc5c5oc6ccccc6c45)cc3)c3c([2H])c([2H])c([2H])c([2H])c3c(-c3ccccc3)c2c1[2H]. The molecule has 0 saturated heterocycles. The predicted octanol–water partition coefficient (Wildman–Crippen LogP) is 13.3. The first-order valence-electron chi connectivity index (χ1n) is 19.7. The van der Waals surface area contributed by atoms with Gasteiger partial charge in [0.2, 0.25) is 0 Å². The molecule has 0 aliphatic rings. The van der Waals surface area contributed by atoms with Crippen LogP contribution >= 0.6 is 0 Å². The summed E-state index contributed by atoms with van der Waals surface area (Å²) >= 11 is 0. The molecule has 2 heteroatoms. The molecule has 8 aromatic carbocycles. The molecular weight excluding hydrogens is 585 g/mol. The summed E-state index contributed by atoms with van der Waals surface area (Å²) in [6, 6.07) is 35.3. The van der Waals surface area contributed by atoms with Gasteiger partial charge in [-0.15, -0.1) is 0 Å². The van der Waals surface area contributed by atoms with Crippen molar-refractivity contribution in [2.24, 2.45) is 0 Å². The molecule has 2 aromatic heterocycles. The van der Waals surface area contributed by atoms with E-state index in [2.05, 4.69) is 0 Å². The predicted molar refractivity (Wildman–Crippen MR) is 200 cm³/mol. The van der Waals surface area contributed by atoms with Gasteiger partial charge in [0.05, 0.1) is 16.4 Å². The van der Waals surface area contributed by atoms with E-state index in [9.17, 15) is 2.74 Å². The third-order valence-electron chi connectivity index (χ3n) is 9.13. The maximum atomic E-state index is 9.23. The van der Waals surface area contributed by atoms with Crippen molar-refractivity contribution >= 4 is 54.5 Å². The fraction of sp³-hybridized carbons (Fsp3) is 0. The minimum Gasteiger partial charge on any atom is -0.456 e. The van der Waals surface area contributed by atoms with E-state index in [1.165, 1.54) is 0 Å². The van der Waals surface area contributed by atoms with Crippen molar-refractivity contribution in [3.8, 4) is 44.7 Å². The molecule has 224 valence electrons. The molecular formula is C46H28O2. The zero-order chi connectivity index (χ0) is 38.6. The van der Waals surface area contributed by atoms with Crippen molar-refractivity contribution in [3.63, 3.8) is 0 Å². The lowest BCUT2D eigenvalue weighted by atomic mass is 9.85. The average molecular weight is 621 g/mol. The van der Waals surface area contributed by atoms with E-state index in [4.69, 9.17) is 17.1 Å². The molecule has 10 rings (SSSR count). The molecule has 0 N–H and O–H groups in total. The van der Waals surface area contributed by atoms with Crippen LogP contribution in [0.3, 0.4) is 0 Å². The number of hydrogen-bond acceptors (Lipinski definition) is 2. The van der Waals surface area contributed by atoms with Crippen LogP contribution in [-0.2, 0) is 0 Å². The maximum Gasteiger partial charge on any atom is 0.147 e. The third kappa shape index (κ3) is 4.06. The molecule has 0 fully saturated rings. The van der Waals surface area contributed by atoms with Crippen molar-refractivity contribution < 1.29 is 19.8 Å². The Balaban J connectivity index is 1.28. The summed E-state index contributed by atoms with van der Waals surface area (Å²) in [6.07, 6.45) is 0. The van der Waals surface area contributed by atoms with Gasteiger partial charge in [-0.05, 0) is 73.1 Å². The van der Waals surface area contributed by atoms with Gasteiger partial charge in [-0.1, -0.05) is 151 Å². The molecule has 0 unspecified atom stereocenters. The van der Waals surface area contributed by atoms with Crippen molar-refractivity contribution in [2.45, 2.75) is 0 Å². The smallest absolute Gasteiger partial charge is 0.147 e. The molecule has 0 amide bonds. The Kier molecular flexibility index (Phi) is 4.41. The van der Waals surface area contributed by atoms with Crippen LogP contribution in [0.4, 0.5) is 0 Å². The minimum atomic E-state index is -0.435. The summed E-state index contributed by atoms with van der Waals surface area (Å²) in [5, 5.41) is 3.41. The highest BCUT2D eigenvalue weighted by Crippen LogP contribution is 2.46. The van der Waals surface area contributed by atoms with Crippen LogP contribution in [0.5, 0.6) is 0 Å². The first kappa shape index (κ1) is 20.0. The molecule has 2 heterocycles. The molecule has 0 atom stereocenters. The molecule has 0 aliphatic carbocycles. The summed E-state index contributed by atoms with van der Waals surface area (Å²) < 4.78 is 84.5. The van der Waals surface area contributed by atoms with Crippen LogP contribution in [0.1, 0.15) is 11.0 Å². The lowest BCUT2D eigenvalue weighted by Gasteiger charge is -2.18. The normalized spacial score (nSPS) is 14.1. The molecule has 0 bridgehead atoms. The monoisotopic (exact) mass is 620 g/mol. The summed E-state index contributed by atoms with van der Waals surface area (Å²) in [7, 11) is 0. The highest BCUT2D eigenvalue weighted by Gasteiger charge is 2.21. The minimum absolute atomic E-state index is 0.175. The number of hydrogen-bond donors (Lipinski definition) is 0. The van der Waals surface area contributed by atoms with Gasteiger partial charge in [0.25, 0.3) is 0 Å². The van der Waals surface area contributed by atoms with E-state index in [-0.39, 0.29) is 45.7 Å². The van der Waals surface area contributed by atoms with E-state index in [0.29, 0.717) is 39.2 Å². The lowest BCUT2D eigenvalue weighted by molar-refractivity contribution is 0.631. The van der Waals surface area contributed by atoms with Gasteiger partial charge in [0.1, 0.15) is 22.5 Å². The standard InChI is InChI=1S/C46H28O2/c1-3-13-30(14-4-1)41-28-39-42(47-41)27-38(45-37-21-11-12-22-40(37)48-46(39)45)29-23-25-32(26-24-29)44-35-19-9-7-17-33(35)43(31-15-5-2-6-16-31)34-18-8-10-20-36(34)44/h1-28H/i7D,8D,9D,10D,17D,18D,19D,20D. The Labute approximate surface area is 288 Å². The van der Waals surface area contributed by atoms with Gasteiger partial charge in [-0.2, -0.15) is 0 Å². The van der Waals surface area contributed by atoms with Gasteiger partial charge in [-0.25, -0.2) is 0 Å². The van der Waals surface area contributed by atoms with Gasteiger partial charge < -0.3 is 8.83 Å². The zero-order valence-corrected chi connectivity index (χ0v) is 25.4. The number of rotatable bonds is 4. The molecule has 0 radical (unpaired) electrons. The molecule has 0 saturated carbocycles. The summed E-state index contributed by atoms with van der Waals surface area (Å²) in [4.78, 5) is 0. The number of furan rings is 2. The fourth-order valence-corrected chi connectivity index (χ4v) is 6.99. The van der Waals surface area contributed by atoms with E-state index < -0.39 is 24.2 Å². The second-order valence-electron chi connectivity index (χ2n) is 11.8. The second-order valence-corrected chi connectivity index (χ2v) is 11.8. The Morgan fingerprint density at radius 3 is 1.54 bits per heavy atom. The largest absolute Gasteiger partial charge is 0.456 e. The highest BCUT2D eigenvalue weighted by atomic mass is 16.3. The summed E-state index contributed by atoms with van der Waals surface area (Å²) in [5.74, 6) is 0.710. The zero-order valence-electron chi connectivity index (χ0n) is 33.4. The van der Waals surface area contributed by atoms with Crippen LogP contribution in [0.25, 0.3) is 99.2 Å². The maximum absolute atomic E-state index is 9.23. The van der Waals surface area contributed by atoms with Crippen molar-refractivity contribution in [3.05, 3.63) is 170 Å². The van der Waals surface area contributed by atoms with E-state index in [1.54, 1.807) is 24.3 Å². The molecule has 0 aliphatic heterocycles. The van der Waals surface area contributed by atoms with Crippen molar-refractivity contribution in [2.75, 3.05) is 0 Å². The van der Waals surface area contributed by atoms with Gasteiger partial charge in [0, 0.05) is 16.3 Å². The van der Waals surface area contributed by atoms with Crippen molar-refractivity contribution in [1.82, 2.24) is 0 Å². The van der Waals surface area contributed by atoms with Crippen LogP contribution in [0, 0.1) is 0 Å². The van der Waals surface area contributed by atoms with Crippen LogP contribution in [-0.4, -0.2) is 0 Å². The molecule has 10 aromatic rings. The van der Waals surface area contributed by atoms with Gasteiger partial charge >= 0.3 is 0 Å². The van der Waals surface area contributed by atoms with E-state index in [1.807, 2.05) is 97.1 Å². The van der Waals surface area contributed by atoms with Crippen LogP contribution in [0.2, 0.25) is 0 Å². The quantitative estimate of drug-likeness (QED) is 0.183. The second kappa shape index (κ2) is 10.6. The average Bonchev–Trinajstić information content (AvgIpc) is 3.85. The van der Waals surface area contributed by atoms with E-state index >= 15 is 0 Å². The number of benzene rings is 8. The Bertz CT molecular complexity index is 3180. The summed E-state index contributed by atoms with van der Waals surface area (Å²) in [6.45, 7) is 0. The van der Waals surface area contributed by atoms with Gasteiger partial charge in [-0.3, -0.25) is 0 Å². The number of fused-ring (bicyclic) bond motifs is 7. The van der Waals surface area contributed by atoms with Crippen molar-refractivity contribution in [1.29, 1.82) is 0 Å². The molecule has 0 spiro atoms. The first-order chi connectivity index (χ1) is 27.1. The van der Waals surface area contributed by atoms with E-state index in [0.717, 1.165) is 38.4 Å². The highest BCUT2D eigenvalue weighted by molar-refractivity contribution is 6.22.